The number of aryl methyl sites for hydroxylation is 2. The van der Waals surface area contributed by atoms with E-state index < -0.39 is 0 Å². The van der Waals surface area contributed by atoms with Gasteiger partial charge >= 0.3 is 0 Å². The van der Waals surface area contributed by atoms with Crippen LogP contribution in [0.15, 0.2) is 0 Å². The Kier molecular flexibility index (Phi) is 12.1. The van der Waals surface area contributed by atoms with E-state index in [1.807, 2.05) is 11.6 Å². The Morgan fingerprint density at radius 1 is 1.27 bits per heavy atom. The van der Waals surface area contributed by atoms with Crippen LogP contribution >= 0.6 is 24.8 Å². The number of hydrogen-bond donors (Lipinski definition) is 1. The molecule has 0 aliphatic rings. The normalized spacial score (nSPS) is 8.53. The number of aromatic nitrogens is 2. The molecule has 4 nitrogen and oxygen atoms in total. The Bertz CT molecular complexity index is 277. The fourth-order valence-electron chi connectivity index (χ4n) is 1.46. The molecule has 92 valence electrons. The Labute approximate surface area is 103 Å². The van der Waals surface area contributed by atoms with Crippen molar-refractivity contribution in [2.24, 2.45) is 5.73 Å². The molecule has 4 N–H and O–H groups in total. The van der Waals surface area contributed by atoms with E-state index in [2.05, 4.69) is 18.9 Å². The van der Waals surface area contributed by atoms with Crippen LogP contribution < -0.4 is 5.73 Å². The lowest BCUT2D eigenvalue weighted by atomic mass is 10.2. The summed E-state index contributed by atoms with van der Waals surface area (Å²) in [6.45, 7) is 7.84. The highest BCUT2D eigenvalue weighted by Gasteiger charge is 2.08. The molecule has 0 atom stereocenters. The number of nitrogens with zero attached hydrogens (tertiary/aromatic N) is 2. The lowest BCUT2D eigenvalue weighted by Gasteiger charge is -2.01. The number of rotatable bonds is 3. The third-order valence-electron chi connectivity index (χ3n) is 2.17. The molecule has 0 unspecified atom stereocenters. The van der Waals surface area contributed by atoms with E-state index >= 15 is 0 Å². The summed E-state index contributed by atoms with van der Waals surface area (Å²) in [5.74, 6) is 0. The van der Waals surface area contributed by atoms with Crippen LogP contribution in [0.1, 0.15) is 30.3 Å². The van der Waals surface area contributed by atoms with Crippen molar-refractivity contribution in [2.45, 2.75) is 40.3 Å². The first-order valence-electron chi connectivity index (χ1n) is 4.43. The molecule has 1 aromatic rings. The number of halogens is 2. The monoisotopic (exact) mass is 257 g/mol. The molecule has 0 saturated carbocycles. The maximum Gasteiger partial charge on any atom is 0.0641 e. The summed E-state index contributed by atoms with van der Waals surface area (Å²) in [7, 11) is 0. The van der Waals surface area contributed by atoms with E-state index in [0.717, 1.165) is 18.7 Å². The third kappa shape index (κ3) is 4.38. The largest absolute Gasteiger partial charge is 0.412 e. The van der Waals surface area contributed by atoms with Crippen LogP contribution in [0.5, 0.6) is 0 Å². The highest BCUT2D eigenvalue weighted by Crippen LogP contribution is 2.11. The molecular weight excluding hydrogens is 237 g/mol. The van der Waals surface area contributed by atoms with Crippen LogP contribution in [0.3, 0.4) is 0 Å². The van der Waals surface area contributed by atoms with Gasteiger partial charge in [-0.3, -0.25) is 4.68 Å². The van der Waals surface area contributed by atoms with Gasteiger partial charge in [-0.05, 0) is 20.3 Å². The summed E-state index contributed by atoms with van der Waals surface area (Å²) in [6.07, 6.45) is 1.12. The highest BCUT2D eigenvalue weighted by atomic mass is 35.5. The zero-order valence-corrected chi connectivity index (χ0v) is 11.0. The van der Waals surface area contributed by atoms with Crippen LogP contribution in [-0.4, -0.2) is 15.3 Å². The minimum Gasteiger partial charge on any atom is -0.412 e. The maximum atomic E-state index is 5.61. The van der Waals surface area contributed by atoms with E-state index in [-0.39, 0.29) is 30.3 Å². The highest BCUT2D eigenvalue weighted by molar-refractivity contribution is 5.85. The van der Waals surface area contributed by atoms with E-state index in [9.17, 15) is 0 Å². The molecule has 0 fully saturated rings. The van der Waals surface area contributed by atoms with Gasteiger partial charge < -0.3 is 11.2 Å². The molecule has 1 rings (SSSR count). The Hall–Kier alpha value is -0.290. The van der Waals surface area contributed by atoms with Crippen molar-refractivity contribution in [1.82, 2.24) is 9.78 Å². The molecule has 1 heterocycles. The van der Waals surface area contributed by atoms with E-state index in [1.165, 1.54) is 11.3 Å². The summed E-state index contributed by atoms with van der Waals surface area (Å²) >= 11 is 0. The van der Waals surface area contributed by atoms with Gasteiger partial charge in [0.15, 0.2) is 0 Å². The van der Waals surface area contributed by atoms with Crippen LogP contribution in [0.25, 0.3) is 0 Å². The SMILES string of the molecule is CCCn1nc(C)c(CN)c1C.Cl.Cl.O. The smallest absolute Gasteiger partial charge is 0.0641 e. The van der Waals surface area contributed by atoms with E-state index in [0.29, 0.717) is 6.54 Å². The minimum absolute atomic E-state index is 0. The molecule has 0 saturated heterocycles. The first kappa shape index (κ1) is 20.2. The van der Waals surface area contributed by atoms with Crippen LogP contribution in [-0.2, 0) is 13.1 Å². The molecule has 0 radical (unpaired) electrons. The zero-order chi connectivity index (χ0) is 9.14. The Morgan fingerprint density at radius 2 is 1.80 bits per heavy atom. The molecular formula is C9H21Cl2N3O. The van der Waals surface area contributed by atoms with Gasteiger partial charge in [0.25, 0.3) is 0 Å². The fraction of sp³-hybridized carbons (Fsp3) is 0.667. The van der Waals surface area contributed by atoms with Crippen LogP contribution in [0, 0.1) is 13.8 Å². The van der Waals surface area contributed by atoms with Crippen molar-refractivity contribution in [3.8, 4) is 0 Å². The van der Waals surface area contributed by atoms with Gasteiger partial charge in [0.1, 0.15) is 0 Å². The van der Waals surface area contributed by atoms with Gasteiger partial charge in [-0.2, -0.15) is 5.10 Å². The molecule has 15 heavy (non-hydrogen) atoms. The number of hydrogen-bond acceptors (Lipinski definition) is 2. The topological polar surface area (TPSA) is 75.3 Å². The Morgan fingerprint density at radius 3 is 2.13 bits per heavy atom. The first-order chi connectivity index (χ1) is 5.70. The zero-order valence-electron chi connectivity index (χ0n) is 9.41. The average molecular weight is 258 g/mol. The molecule has 0 aromatic carbocycles. The molecule has 0 bridgehead atoms. The van der Waals surface area contributed by atoms with Crippen molar-refractivity contribution in [3.05, 3.63) is 17.0 Å². The predicted octanol–water partition coefficient (Wildman–Crippen LogP) is 1.39. The van der Waals surface area contributed by atoms with Crippen molar-refractivity contribution in [3.63, 3.8) is 0 Å². The van der Waals surface area contributed by atoms with Gasteiger partial charge in [0.05, 0.1) is 5.69 Å². The molecule has 0 aliphatic carbocycles. The van der Waals surface area contributed by atoms with Crippen molar-refractivity contribution in [1.29, 1.82) is 0 Å². The summed E-state index contributed by atoms with van der Waals surface area (Å²) in [6, 6.07) is 0. The predicted molar refractivity (Wildman–Crippen MR) is 68.0 cm³/mol. The van der Waals surface area contributed by atoms with Crippen LogP contribution in [0.4, 0.5) is 0 Å². The number of nitrogens with two attached hydrogens (primary N) is 1. The van der Waals surface area contributed by atoms with Gasteiger partial charge in [-0.1, -0.05) is 6.92 Å². The fourth-order valence-corrected chi connectivity index (χ4v) is 1.46. The van der Waals surface area contributed by atoms with E-state index in [1.54, 1.807) is 0 Å². The summed E-state index contributed by atoms with van der Waals surface area (Å²) in [4.78, 5) is 0. The van der Waals surface area contributed by atoms with Gasteiger partial charge in [0, 0.05) is 24.3 Å². The van der Waals surface area contributed by atoms with Gasteiger partial charge in [-0.15, -0.1) is 24.8 Å². The van der Waals surface area contributed by atoms with Gasteiger partial charge in [0.2, 0.25) is 0 Å². The molecule has 6 heteroatoms. The average Bonchev–Trinajstić information content (AvgIpc) is 2.29. The summed E-state index contributed by atoms with van der Waals surface area (Å²) < 4.78 is 2.04. The van der Waals surface area contributed by atoms with Crippen molar-refractivity contribution >= 4 is 24.8 Å². The summed E-state index contributed by atoms with van der Waals surface area (Å²) in [5.41, 5.74) is 9.10. The minimum atomic E-state index is 0. The second-order valence-corrected chi connectivity index (χ2v) is 3.08. The van der Waals surface area contributed by atoms with E-state index in [4.69, 9.17) is 5.73 Å². The van der Waals surface area contributed by atoms with Gasteiger partial charge in [-0.25, -0.2) is 0 Å². The third-order valence-corrected chi connectivity index (χ3v) is 2.17. The standard InChI is InChI=1S/C9H17N3.2ClH.H2O/c1-4-5-12-8(3)9(6-10)7(2)11-12;;;/h4-6,10H2,1-3H3;2*1H;1H2. The van der Waals surface area contributed by atoms with Crippen molar-refractivity contribution < 1.29 is 5.48 Å². The van der Waals surface area contributed by atoms with Crippen molar-refractivity contribution in [2.75, 3.05) is 0 Å². The second-order valence-electron chi connectivity index (χ2n) is 3.08. The Balaban J connectivity index is -0.000000480. The lowest BCUT2D eigenvalue weighted by molar-refractivity contribution is 0.582. The van der Waals surface area contributed by atoms with Crippen LogP contribution in [0.2, 0.25) is 0 Å². The summed E-state index contributed by atoms with van der Waals surface area (Å²) in [5, 5.41) is 4.41. The maximum absolute atomic E-state index is 5.61. The molecule has 0 aliphatic heterocycles. The molecule has 0 spiro atoms. The lowest BCUT2D eigenvalue weighted by Crippen LogP contribution is -2.03. The molecule has 0 amide bonds. The first-order valence-corrected chi connectivity index (χ1v) is 4.43. The second kappa shape index (κ2) is 8.97. The quantitative estimate of drug-likeness (QED) is 0.889. The molecule has 1 aromatic heterocycles.